The van der Waals surface area contributed by atoms with Gasteiger partial charge < -0.3 is 4.90 Å². The van der Waals surface area contributed by atoms with E-state index in [1.165, 1.54) is 0 Å². The Balaban J connectivity index is 2.12. The van der Waals surface area contributed by atoms with Crippen molar-refractivity contribution in [2.75, 3.05) is 6.54 Å². The number of benzene rings is 1. The Labute approximate surface area is 143 Å². The number of hydrogen-bond donors (Lipinski definition) is 0. The van der Waals surface area contributed by atoms with Gasteiger partial charge in [-0.25, -0.2) is 0 Å². The summed E-state index contributed by atoms with van der Waals surface area (Å²) in [6, 6.07) is 9.43. The molecule has 0 N–H and O–H groups in total. The number of carbonyl (C=O) groups is 1. The van der Waals surface area contributed by atoms with Crippen molar-refractivity contribution in [3.05, 3.63) is 53.3 Å². The minimum atomic E-state index is -4.53. The molecule has 5 nitrogen and oxygen atoms in total. The van der Waals surface area contributed by atoms with Crippen LogP contribution in [-0.4, -0.2) is 27.1 Å². The van der Waals surface area contributed by atoms with Gasteiger partial charge in [-0.15, -0.1) is 0 Å². The van der Waals surface area contributed by atoms with Gasteiger partial charge in [-0.3, -0.25) is 9.48 Å². The molecule has 2 aromatic rings. The van der Waals surface area contributed by atoms with Gasteiger partial charge in [0.15, 0.2) is 5.69 Å². The molecule has 1 heterocycles. The molecule has 0 spiro atoms. The first-order chi connectivity index (χ1) is 11.8. The number of nitrogens with zero attached hydrogens (tertiary/aromatic N) is 4. The second kappa shape index (κ2) is 7.38. The fraction of sp³-hybridized carbons (Fsp3) is 0.353. The fourth-order valence-corrected chi connectivity index (χ4v) is 2.51. The van der Waals surface area contributed by atoms with Crippen LogP contribution in [0.5, 0.6) is 0 Å². The Morgan fingerprint density at radius 3 is 2.44 bits per heavy atom. The van der Waals surface area contributed by atoms with E-state index in [0.29, 0.717) is 12.1 Å². The van der Waals surface area contributed by atoms with Gasteiger partial charge in [-0.1, -0.05) is 12.1 Å². The molecule has 0 aliphatic rings. The zero-order valence-corrected chi connectivity index (χ0v) is 13.8. The fourth-order valence-electron chi connectivity index (χ4n) is 2.51. The summed E-state index contributed by atoms with van der Waals surface area (Å²) >= 11 is 0. The molecular formula is C17H17F3N4O. The lowest BCUT2D eigenvalue weighted by molar-refractivity contribution is -0.142. The normalized spacial score (nSPS) is 12.5. The molecule has 8 heteroatoms. The number of nitriles is 1. The third-order valence-electron chi connectivity index (χ3n) is 3.88. The number of halogens is 3. The maximum atomic E-state index is 12.6. The highest BCUT2D eigenvalue weighted by atomic mass is 19.4. The van der Waals surface area contributed by atoms with Crippen molar-refractivity contribution < 1.29 is 18.0 Å². The Morgan fingerprint density at radius 2 is 1.96 bits per heavy atom. The average molecular weight is 350 g/mol. The highest BCUT2D eigenvalue weighted by Crippen LogP contribution is 2.27. The van der Waals surface area contributed by atoms with Gasteiger partial charge in [-0.2, -0.15) is 23.5 Å². The highest BCUT2D eigenvalue weighted by Gasteiger charge is 2.33. The van der Waals surface area contributed by atoms with Gasteiger partial charge >= 0.3 is 6.18 Å². The van der Waals surface area contributed by atoms with Crippen molar-refractivity contribution in [2.45, 2.75) is 32.6 Å². The van der Waals surface area contributed by atoms with E-state index in [4.69, 9.17) is 5.26 Å². The van der Waals surface area contributed by atoms with Crippen LogP contribution in [0.3, 0.4) is 0 Å². The number of likely N-dealkylation sites (N-methyl/N-ethyl adjacent to an activating group) is 1. The molecule has 1 amide bonds. The van der Waals surface area contributed by atoms with E-state index in [2.05, 4.69) is 5.10 Å². The van der Waals surface area contributed by atoms with Crippen LogP contribution in [-0.2, 0) is 17.5 Å². The van der Waals surface area contributed by atoms with Crippen LogP contribution in [0.1, 0.15) is 36.7 Å². The molecule has 1 aromatic carbocycles. The van der Waals surface area contributed by atoms with Gasteiger partial charge in [0.25, 0.3) is 0 Å². The summed E-state index contributed by atoms with van der Waals surface area (Å²) in [6.45, 7) is 3.74. The molecule has 0 unspecified atom stereocenters. The van der Waals surface area contributed by atoms with E-state index < -0.39 is 11.9 Å². The molecule has 2 rings (SSSR count). The molecule has 132 valence electrons. The molecule has 25 heavy (non-hydrogen) atoms. The zero-order valence-electron chi connectivity index (χ0n) is 13.8. The number of alkyl halides is 3. The van der Waals surface area contributed by atoms with Crippen molar-refractivity contribution in [3.8, 4) is 6.07 Å². The summed E-state index contributed by atoms with van der Waals surface area (Å²) in [5, 5.41) is 12.2. The van der Waals surface area contributed by atoms with Crippen LogP contribution < -0.4 is 0 Å². The number of rotatable bonds is 5. The van der Waals surface area contributed by atoms with E-state index >= 15 is 0 Å². The monoisotopic (exact) mass is 350 g/mol. The molecule has 0 bridgehead atoms. The maximum Gasteiger partial charge on any atom is 0.435 e. The molecular weight excluding hydrogens is 333 g/mol. The molecule has 0 saturated carbocycles. The van der Waals surface area contributed by atoms with Crippen molar-refractivity contribution >= 4 is 5.91 Å². The third kappa shape index (κ3) is 4.38. The quantitative estimate of drug-likeness (QED) is 0.830. The van der Waals surface area contributed by atoms with Gasteiger partial charge in [0.05, 0.1) is 17.7 Å². The predicted octanol–water partition coefficient (Wildman–Crippen LogP) is 3.38. The lowest BCUT2D eigenvalue weighted by atomic mass is 10.0. The Morgan fingerprint density at radius 1 is 1.32 bits per heavy atom. The number of amides is 1. The average Bonchev–Trinajstić information content (AvgIpc) is 3.04. The lowest BCUT2D eigenvalue weighted by Crippen LogP contribution is -2.36. The molecule has 1 atom stereocenters. The smallest absolute Gasteiger partial charge is 0.335 e. The number of hydrogen-bond acceptors (Lipinski definition) is 3. The Hall–Kier alpha value is -2.82. The molecule has 1 aromatic heterocycles. The third-order valence-corrected chi connectivity index (χ3v) is 3.88. The summed E-state index contributed by atoms with van der Waals surface area (Å²) < 4.78 is 38.7. The highest BCUT2D eigenvalue weighted by molar-refractivity contribution is 5.76. The van der Waals surface area contributed by atoms with Gasteiger partial charge in [0.2, 0.25) is 5.91 Å². The summed E-state index contributed by atoms with van der Waals surface area (Å²) in [5.74, 6) is -0.337. The standard InChI is InChI=1S/C17H17F3N4O/c1-3-24(12(2)14-6-4-13(10-21)5-7-14)16(25)11-23-9-8-15(22-23)17(18,19)20/h4-9,12H,3,11H2,1-2H3/t12-/m0/s1. The first-order valence-corrected chi connectivity index (χ1v) is 7.66. The summed E-state index contributed by atoms with van der Waals surface area (Å²) in [7, 11) is 0. The molecule has 0 aliphatic carbocycles. The van der Waals surface area contributed by atoms with Crippen LogP contribution in [0.2, 0.25) is 0 Å². The van der Waals surface area contributed by atoms with Crippen LogP contribution in [0.25, 0.3) is 0 Å². The van der Waals surface area contributed by atoms with Gasteiger partial charge in [-0.05, 0) is 37.6 Å². The largest absolute Gasteiger partial charge is 0.435 e. The van der Waals surface area contributed by atoms with Crippen molar-refractivity contribution in [1.29, 1.82) is 5.26 Å². The second-order valence-corrected chi connectivity index (χ2v) is 5.49. The molecule has 0 aliphatic heterocycles. The van der Waals surface area contributed by atoms with Crippen LogP contribution in [0, 0.1) is 11.3 Å². The topological polar surface area (TPSA) is 61.9 Å². The number of aromatic nitrogens is 2. The van der Waals surface area contributed by atoms with E-state index in [1.54, 1.807) is 36.1 Å². The first-order valence-electron chi connectivity index (χ1n) is 7.66. The predicted molar refractivity (Wildman–Crippen MR) is 84.2 cm³/mol. The van der Waals surface area contributed by atoms with Crippen LogP contribution in [0.15, 0.2) is 36.5 Å². The van der Waals surface area contributed by atoms with Crippen LogP contribution >= 0.6 is 0 Å². The maximum absolute atomic E-state index is 12.6. The Kier molecular flexibility index (Phi) is 5.47. The van der Waals surface area contributed by atoms with Crippen LogP contribution in [0.4, 0.5) is 13.2 Å². The molecule has 0 saturated heterocycles. The van der Waals surface area contributed by atoms with Gasteiger partial charge in [0, 0.05) is 12.7 Å². The van der Waals surface area contributed by atoms with Crippen molar-refractivity contribution in [2.24, 2.45) is 0 Å². The van der Waals surface area contributed by atoms with Crippen molar-refractivity contribution in [1.82, 2.24) is 14.7 Å². The number of carbonyl (C=O) groups excluding carboxylic acids is 1. The van der Waals surface area contributed by atoms with E-state index in [-0.39, 0.29) is 18.5 Å². The van der Waals surface area contributed by atoms with E-state index in [1.807, 2.05) is 13.0 Å². The van der Waals surface area contributed by atoms with Crippen molar-refractivity contribution in [3.63, 3.8) is 0 Å². The lowest BCUT2D eigenvalue weighted by Gasteiger charge is -2.28. The molecule has 0 radical (unpaired) electrons. The minimum Gasteiger partial charge on any atom is -0.335 e. The SMILES string of the molecule is CCN(C(=O)Cn1ccc(C(F)(F)F)n1)[C@@H](C)c1ccc(C#N)cc1. The summed E-state index contributed by atoms with van der Waals surface area (Å²) in [6.07, 6.45) is -3.39. The van der Waals surface area contributed by atoms with Gasteiger partial charge in [0.1, 0.15) is 6.54 Å². The molecule has 0 fully saturated rings. The minimum absolute atomic E-state index is 0.273. The second-order valence-electron chi connectivity index (χ2n) is 5.49. The van der Waals surface area contributed by atoms with E-state index in [0.717, 1.165) is 22.5 Å². The zero-order chi connectivity index (χ0) is 18.6. The first kappa shape index (κ1) is 18.5. The summed E-state index contributed by atoms with van der Waals surface area (Å²) in [4.78, 5) is 14.0. The summed E-state index contributed by atoms with van der Waals surface area (Å²) in [5.41, 5.74) is 0.329. The van der Waals surface area contributed by atoms with E-state index in [9.17, 15) is 18.0 Å². The Bertz CT molecular complexity index is 774.